The zero-order valence-electron chi connectivity index (χ0n) is 12.5. The normalized spacial score (nSPS) is 19.0. The van der Waals surface area contributed by atoms with E-state index >= 15 is 0 Å². The Labute approximate surface area is 137 Å². The number of nitrogens with zero attached hydrogens (tertiary/aromatic N) is 3. The van der Waals surface area contributed by atoms with Gasteiger partial charge in [-0.1, -0.05) is 0 Å². The van der Waals surface area contributed by atoms with Crippen LogP contribution in [0.5, 0.6) is 11.5 Å². The van der Waals surface area contributed by atoms with Gasteiger partial charge in [-0.3, -0.25) is 0 Å². The summed E-state index contributed by atoms with van der Waals surface area (Å²) < 4.78 is 21.7. The van der Waals surface area contributed by atoms with Crippen LogP contribution in [0.1, 0.15) is 11.6 Å². The van der Waals surface area contributed by atoms with Crippen LogP contribution in [0.3, 0.4) is 0 Å². The molecule has 1 aliphatic heterocycles. The maximum atomic E-state index is 9.37. The van der Waals surface area contributed by atoms with Crippen molar-refractivity contribution in [2.75, 3.05) is 34.7 Å². The van der Waals surface area contributed by atoms with Gasteiger partial charge in [0.25, 0.3) is 0 Å². The third-order valence-electron chi connectivity index (χ3n) is 3.17. The van der Waals surface area contributed by atoms with E-state index in [2.05, 4.69) is 27.1 Å². The van der Waals surface area contributed by atoms with Gasteiger partial charge in [0.15, 0.2) is 17.7 Å². The topological polar surface area (TPSA) is 76.3 Å². The lowest BCUT2D eigenvalue weighted by molar-refractivity contribution is 0.204. The number of methoxy groups -OCH3 is 3. The highest BCUT2D eigenvalue weighted by atomic mass is 79.9. The van der Waals surface area contributed by atoms with E-state index < -0.39 is 0 Å². The first kappa shape index (κ1) is 16.4. The van der Waals surface area contributed by atoms with Crippen molar-refractivity contribution in [3.63, 3.8) is 0 Å². The minimum absolute atomic E-state index is 0.135. The molecule has 1 atom stereocenters. The summed E-state index contributed by atoms with van der Waals surface area (Å²) >= 11 is 3.45. The Morgan fingerprint density at radius 2 is 2.18 bits per heavy atom. The van der Waals surface area contributed by atoms with Gasteiger partial charge in [0.2, 0.25) is 0 Å². The standard InChI is InChI=1S/C14H16BrN3O4/c1-19-8-17-14-18(7-16)11(6-22-14)9-4-10(15)13(21-3)12(5-9)20-2/h4-5,11H,6,8H2,1-3H3/b17-14-. The molecule has 0 aliphatic carbocycles. The van der Waals surface area contributed by atoms with E-state index in [-0.39, 0.29) is 18.8 Å². The number of hydrogen-bond acceptors (Lipinski definition) is 6. The van der Waals surface area contributed by atoms with Crippen LogP contribution in [0.4, 0.5) is 0 Å². The van der Waals surface area contributed by atoms with E-state index in [0.29, 0.717) is 18.1 Å². The Balaban J connectivity index is 2.36. The number of ether oxygens (including phenoxy) is 4. The third kappa shape index (κ3) is 3.10. The first-order chi connectivity index (χ1) is 10.7. The maximum absolute atomic E-state index is 9.37. The molecule has 22 heavy (non-hydrogen) atoms. The molecule has 0 aromatic heterocycles. The smallest absolute Gasteiger partial charge is 0.304 e. The lowest BCUT2D eigenvalue weighted by Crippen LogP contribution is -2.24. The molecule has 0 saturated carbocycles. The van der Waals surface area contributed by atoms with Gasteiger partial charge in [-0.15, -0.1) is 0 Å². The molecule has 1 heterocycles. The van der Waals surface area contributed by atoms with Crippen molar-refractivity contribution in [2.45, 2.75) is 6.04 Å². The molecule has 0 N–H and O–H groups in total. The van der Waals surface area contributed by atoms with E-state index in [9.17, 15) is 5.26 Å². The molecule has 1 aromatic carbocycles. The van der Waals surface area contributed by atoms with Crippen molar-refractivity contribution in [1.82, 2.24) is 4.90 Å². The van der Waals surface area contributed by atoms with E-state index in [1.165, 1.54) is 12.0 Å². The first-order valence-electron chi connectivity index (χ1n) is 6.42. The second-order valence-electron chi connectivity index (χ2n) is 4.39. The predicted molar refractivity (Wildman–Crippen MR) is 82.7 cm³/mol. The summed E-state index contributed by atoms with van der Waals surface area (Å²) in [4.78, 5) is 5.49. The summed E-state index contributed by atoms with van der Waals surface area (Å²) in [6, 6.07) is 3.66. The van der Waals surface area contributed by atoms with Crippen molar-refractivity contribution < 1.29 is 18.9 Å². The average molecular weight is 370 g/mol. The Kier molecular flexibility index (Phi) is 5.46. The van der Waals surface area contributed by atoms with Gasteiger partial charge in [-0.05, 0) is 33.6 Å². The highest BCUT2D eigenvalue weighted by molar-refractivity contribution is 9.10. The number of nitriles is 1. The molecule has 0 bridgehead atoms. The van der Waals surface area contributed by atoms with Crippen LogP contribution in [-0.4, -0.2) is 45.6 Å². The molecular formula is C14H16BrN3O4. The van der Waals surface area contributed by atoms with E-state index in [1.807, 2.05) is 12.1 Å². The highest BCUT2D eigenvalue weighted by Gasteiger charge is 2.34. The van der Waals surface area contributed by atoms with Crippen LogP contribution in [0.25, 0.3) is 0 Å². The molecule has 0 amide bonds. The maximum Gasteiger partial charge on any atom is 0.304 e. The van der Waals surface area contributed by atoms with Crippen LogP contribution in [0.15, 0.2) is 21.6 Å². The molecule has 8 heteroatoms. The van der Waals surface area contributed by atoms with Crippen LogP contribution >= 0.6 is 15.9 Å². The molecule has 0 radical (unpaired) electrons. The van der Waals surface area contributed by atoms with Gasteiger partial charge in [0.05, 0.1) is 18.7 Å². The second-order valence-corrected chi connectivity index (χ2v) is 5.25. The van der Waals surface area contributed by atoms with Crippen molar-refractivity contribution in [2.24, 2.45) is 4.99 Å². The Hall–Kier alpha value is -1.98. The van der Waals surface area contributed by atoms with E-state index in [4.69, 9.17) is 18.9 Å². The number of rotatable bonds is 5. The minimum atomic E-state index is -0.281. The van der Waals surface area contributed by atoms with Gasteiger partial charge in [-0.25, -0.2) is 9.89 Å². The van der Waals surface area contributed by atoms with Crippen LogP contribution in [0, 0.1) is 11.5 Å². The zero-order valence-corrected chi connectivity index (χ0v) is 14.1. The van der Waals surface area contributed by atoms with Gasteiger partial charge < -0.3 is 18.9 Å². The summed E-state index contributed by atoms with van der Waals surface area (Å²) in [6.07, 6.45) is 2.09. The Morgan fingerprint density at radius 1 is 1.41 bits per heavy atom. The number of hydrogen-bond donors (Lipinski definition) is 0. The van der Waals surface area contributed by atoms with Gasteiger partial charge >= 0.3 is 6.02 Å². The van der Waals surface area contributed by atoms with E-state index in [1.54, 1.807) is 14.2 Å². The molecular weight excluding hydrogens is 354 g/mol. The third-order valence-corrected chi connectivity index (χ3v) is 3.75. The van der Waals surface area contributed by atoms with Gasteiger partial charge in [0, 0.05) is 7.11 Å². The van der Waals surface area contributed by atoms with Gasteiger partial charge in [0.1, 0.15) is 19.4 Å². The number of benzene rings is 1. The summed E-state index contributed by atoms with van der Waals surface area (Å²) in [7, 11) is 4.66. The predicted octanol–water partition coefficient (Wildman–Crippen LogP) is 2.28. The van der Waals surface area contributed by atoms with Crippen LogP contribution in [0.2, 0.25) is 0 Å². The van der Waals surface area contributed by atoms with Crippen molar-refractivity contribution in [1.29, 1.82) is 5.26 Å². The Morgan fingerprint density at radius 3 is 2.77 bits per heavy atom. The fourth-order valence-electron chi connectivity index (χ4n) is 2.16. The molecule has 118 valence electrons. The average Bonchev–Trinajstić information content (AvgIpc) is 2.94. The SMILES string of the molecule is COC/N=C1\OCC(c2cc(Br)c(OC)c(OC)c2)N1C#N. The van der Waals surface area contributed by atoms with Crippen LogP contribution < -0.4 is 9.47 Å². The summed E-state index contributed by atoms with van der Waals surface area (Å²) in [5.74, 6) is 1.17. The fourth-order valence-corrected chi connectivity index (χ4v) is 2.78. The molecule has 1 fully saturated rings. The second kappa shape index (κ2) is 7.33. The molecule has 1 aromatic rings. The summed E-state index contributed by atoms with van der Waals surface area (Å²) in [5, 5.41) is 9.37. The zero-order chi connectivity index (χ0) is 16.1. The molecule has 0 spiro atoms. The summed E-state index contributed by atoms with van der Waals surface area (Å²) in [5.41, 5.74) is 0.855. The van der Waals surface area contributed by atoms with Crippen molar-refractivity contribution in [3.8, 4) is 17.7 Å². The molecule has 2 rings (SSSR count). The van der Waals surface area contributed by atoms with Gasteiger partial charge in [-0.2, -0.15) is 5.26 Å². The molecule has 1 aliphatic rings. The van der Waals surface area contributed by atoms with E-state index in [0.717, 1.165) is 10.0 Å². The first-order valence-corrected chi connectivity index (χ1v) is 7.22. The van der Waals surface area contributed by atoms with Crippen molar-refractivity contribution >= 4 is 22.0 Å². The molecule has 7 nitrogen and oxygen atoms in total. The number of aliphatic imine (C=N–C) groups is 1. The minimum Gasteiger partial charge on any atom is -0.493 e. The Bertz CT molecular complexity index is 615. The fraction of sp³-hybridized carbons (Fsp3) is 0.429. The monoisotopic (exact) mass is 369 g/mol. The summed E-state index contributed by atoms with van der Waals surface area (Å²) in [6.45, 7) is 0.452. The molecule has 1 unspecified atom stereocenters. The van der Waals surface area contributed by atoms with Crippen molar-refractivity contribution in [3.05, 3.63) is 22.2 Å². The lowest BCUT2D eigenvalue weighted by Gasteiger charge is -2.18. The highest BCUT2D eigenvalue weighted by Crippen LogP contribution is 2.40. The number of amidine groups is 1. The number of halogens is 1. The quantitative estimate of drug-likeness (QED) is 0.741. The van der Waals surface area contributed by atoms with Crippen LogP contribution in [-0.2, 0) is 9.47 Å². The largest absolute Gasteiger partial charge is 0.493 e. The lowest BCUT2D eigenvalue weighted by atomic mass is 10.1. The molecule has 1 saturated heterocycles.